The Morgan fingerprint density at radius 3 is 2.62 bits per heavy atom. The smallest absolute Gasteiger partial charge is 0.104 e. The van der Waals surface area contributed by atoms with Gasteiger partial charge < -0.3 is 19.9 Å². The average Bonchev–Trinajstić information content (AvgIpc) is 2.39. The van der Waals surface area contributed by atoms with Crippen LogP contribution in [0.15, 0.2) is 0 Å². The summed E-state index contributed by atoms with van der Waals surface area (Å²) in [6.07, 6.45) is 4.32. The third-order valence-corrected chi connectivity index (χ3v) is 3.62. The molecule has 0 bridgehead atoms. The Morgan fingerprint density at radius 2 is 2.00 bits per heavy atom. The first-order valence-electron chi connectivity index (χ1n) is 6.34. The van der Waals surface area contributed by atoms with E-state index in [0.29, 0.717) is 19.1 Å². The minimum absolute atomic E-state index is 0.212. The van der Waals surface area contributed by atoms with Gasteiger partial charge in [-0.05, 0) is 31.6 Å². The zero-order valence-electron chi connectivity index (χ0n) is 9.95. The van der Waals surface area contributed by atoms with E-state index in [4.69, 9.17) is 19.9 Å². The van der Waals surface area contributed by atoms with Crippen molar-refractivity contribution < 1.29 is 14.2 Å². The molecule has 2 aliphatic rings. The van der Waals surface area contributed by atoms with Crippen molar-refractivity contribution in [3.8, 4) is 0 Å². The second-order valence-corrected chi connectivity index (χ2v) is 4.91. The molecule has 0 saturated carbocycles. The molecule has 2 heterocycles. The zero-order valence-corrected chi connectivity index (χ0v) is 9.95. The summed E-state index contributed by atoms with van der Waals surface area (Å²) in [5.41, 5.74) is 5.61. The van der Waals surface area contributed by atoms with E-state index in [9.17, 15) is 0 Å². The minimum Gasteiger partial charge on any atom is -0.381 e. The summed E-state index contributed by atoms with van der Waals surface area (Å²) in [7, 11) is 0. The monoisotopic (exact) mass is 229 g/mol. The summed E-state index contributed by atoms with van der Waals surface area (Å²) in [5, 5.41) is 0. The van der Waals surface area contributed by atoms with Crippen molar-refractivity contribution in [1.29, 1.82) is 0 Å². The van der Waals surface area contributed by atoms with Gasteiger partial charge in [0.2, 0.25) is 0 Å². The molecule has 0 aromatic carbocycles. The molecule has 0 spiro atoms. The molecule has 0 amide bonds. The van der Waals surface area contributed by atoms with Gasteiger partial charge in [0, 0.05) is 26.4 Å². The van der Waals surface area contributed by atoms with Crippen LogP contribution in [-0.2, 0) is 14.2 Å². The third-order valence-electron chi connectivity index (χ3n) is 3.62. The van der Waals surface area contributed by atoms with E-state index in [-0.39, 0.29) is 5.60 Å². The molecule has 0 aliphatic carbocycles. The molecule has 2 rings (SSSR count). The molecule has 2 saturated heterocycles. The average molecular weight is 229 g/mol. The fourth-order valence-electron chi connectivity index (χ4n) is 2.37. The third kappa shape index (κ3) is 3.17. The topological polar surface area (TPSA) is 53.7 Å². The molecule has 16 heavy (non-hydrogen) atoms. The van der Waals surface area contributed by atoms with Crippen LogP contribution in [0.4, 0.5) is 0 Å². The number of ether oxygens (including phenoxy) is 3. The highest BCUT2D eigenvalue weighted by Gasteiger charge is 2.33. The lowest BCUT2D eigenvalue weighted by molar-refractivity contribution is -0.136. The molecule has 4 nitrogen and oxygen atoms in total. The minimum atomic E-state index is -0.212. The van der Waals surface area contributed by atoms with Gasteiger partial charge in [-0.3, -0.25) is 0 Å². The van der Waals surface area contributed by atoms with E-state index in [1.807, 2.05) is 0 Å². The van der Waals surface area contributed by atoms with Gasteiger partial charge >= 0.3 is 0 Å². The maximum Gasteiger partial charge on any atom is 0.104 e. The van der Waals surface area contributed by atoms with E-state index in [2.05, 4.69) is 0 Å². The molecular weight excluding hydrogens is 206 g/mol. The van der Waals surface area contributed by atoms with Crippen molar-refractivity contribution in [3.63, 3.8) is 0 Å². The van der Waals surface area contributed by atoms with Gasteiger partial charge in [0.15, 0.2) is 0 Å². The number of hydrogen-bond acceptors (Lipinski definition) is 4. The van der Waals surface area contributed by atoms with Gasteiger partial charge in [0.1, 0.15) is 5.60 Å². The van der Waals surface area contributed by atoms with Crippen LogP contribution in [0.25, 0.3) is 0 Å². The van der Waals surface area contributed by atoms with Crippen LogP contribution in [-0.4, -0.2) is 45.2 Å². The summed E-state index contributed by atoms with van der Waals surface area (Å²) in [4.78, 5) is 0. The van der Waals surface area contributed by atoms with E-state index in [1.54, 1.807) is 0 Å². The predicted molar refractivity (Wildman–Crippen MR) is 61.3 cm³/mol. The van der Waals surface area contributed by atoms with Crippen LogP contribution < -0.4 is 5.73 Å². The normalized spacial score (nSPS) is 32.8. The standard InChI is InChI=1S/C12H23NO3/c13-9-12(4-1-5-15-10-12)16-8-11-2-6-14-7-3-11/h11H,1-10,13H2. The van der Waals surface area contributed by atoms with Crippen molar-refractivity contribution in [1.82, 2.24) is 0 Å². The van der Waals surface area contributed by atoms with Crippen molar-refractivity contribution in [2.75, 3.05) is 39.6 Å². The van der Waals surface area contributed by atoms with E-state index in [0.717, 1.165) is 52.1 Å². The van der Waals surface area contributed by atoms with Gasteiger partial charge in [0.05, 0.1) is 13.2 Å². The first-order valence-corrected chi connectivity index (χ1v) is 6.34. The van der Waals surface area contributed by atoms with E-state index < -0.39 is 0 Å². The second kappa shape index (κ2) is 5.96. The molecule has 0 aromatic heterocycles. The van der Waals surface area contributed by atoms with Crippen LogP contribution in [0, 0.1) is 5.92 Å². The highest BCUT2D eigenvalue weighted by atomic mass is 16.5. The molecule has 0 aromatic rings. The Kier molecular flexibility index (Phi) is 4.58. The number of rotatable bonds is 4. The fraction of sp³-hybridized carbons (Fsp3) is 1.00. The van der Waals surface area contributed by atoms with Crippen molar-refractivity contribution >= 4 is 0 Å². The Bertz CT molecular complexity index is 198. The maximum atomic E-state index is 6.05. The van der Waals surface area contributed by atoms with Crippen LogP contribution in [0.2, 0.25) is 0 Å². The van der Waals surface area contributed by atoms with Gasteiger partial charge in [-0.25, -0.2) is 0 Å². The molecular formula is C12H23NO3. The molecule has 94 valence electrons. The Hall–Kier alpha value is -0.160. The van der Waals surface area contributed by atoms with Crippen molar-refractivity contribution in [2.45, 2.75) is 31.3 Å². The summed E-state index contributed by atoms with van der Waals surface area (Å²) in [6.45, 7) is 4.63. The second-order valence-electron chi connectivity index (χ2n) is 4.91. The number of nitrogens with two attached hydrogens (primary N) is 1. The van der Waals surface area contributed by atoms with Crippen LogP contribution in [0.1, 0.15) is 25.7 Å². The van der Waals surface area contributed by atoms with Crippen molar-refractivity contribution in [3.05, 3.63) is 0 Å². The first kappa shape index (κ1) is 12.3. The SMILES string of the molecule is NCC1(OCC2CCOCC2)CCCOC1. The predicted octanol–water partition coefficient (Wildman–Crippen LogP) is 0.937. The molecule has 2 fully saturated rings. The molecule has 4 heteroatoms. The highest BCUT2D eigenvalue weighted by Crippen LogP contribution is 2.25. The van der Waals surface area contributed by atoms with Crippen molar-refractivity contribution in [2.24, 2.45) is 11.7 Å². The summed E-state index contributed by atoms with van der Waals surface area (Å²) < 4.78 is 16.9. The lowest BCUT2D eigenvalue weighted by atomic mass is 9.95. The summed E-state index contributed by atoms with van der Waals surface area (Å²) >= 11 is 0. The highest BCUT2D eigenvalue weighted by molar-refractivity contribution is 4.85. The molecule has 2 N–H and O–H groups in total. The first-order chi connectivity index (χ1) is 7.85. The quantitative estimate of drug-likeness (QED) is 0.779. The molecule has 1 atom stereocenters. The van der Waals surface area contributed by atoms with Crippen LogP contribution in [0.5, 0.6) is 0 Å². The van der Waals surface area contributed by atoms with Crippen LogP contribution in [0.3, 0.4) is 0 Å². The maximum absolute atomic E-state index is 6.05. The zero-order chi connectivity index (χ0) is 11.3. The number of hydrogen-bond donors (Lipinski definition) is 1. The Morgan fingerprint density at radius 1 is 1.19 bits per heavy atom. The largest absolute Gasteiger partial charge is 0.381 e. The summed E-state index contributed by atoms with van der Waals surface area (Å²) in [6, 6.07) is 0. The fourth-order valence-corrected chi connectivity index (χ4v) is 2.37. The van der Waals surface area contributed by atoms with Gasteiger partial charge in [0.25, 0.3) is 0 Å². The lowest BCUT2D eigenvalue weighted by Gasteiger charge is -2.37. The van der Waals surface area contributed by atoms with E-state index >= 15 is 0 Å². The van der Waals surface area contributed by atoms with Gasteiger partial charge in [-0.15, -0.1) is 0 Å². The van der Waals surface area contributed by atoms with Gasteiger partial charge in [-0.2, -0.15) is 0 Å². The van der Waals surface area contributed by atoms with Gasteiger partial charge in [-0.1, -0.05) is 0 Å². The molecule has 2 aliphatic heterocycles. The Balaban J connectivity index is 1.77. The Labute approximate surface area is 97.4 Å². The molecule has 1 unspecified atom stereocenters. The molecule has 0 radical (unpaired) electrons. The van der Waals surface area contributed by atoms with E-state index in [1.165, 1.54) is 0 Å². The summed E-state index contributed by atoms with van der Waals surface area (Å²) in [5.74, 6) is 0.638. The lowest BCUT2D eigenvalue weighted by Crippen LogP contribution is -2.48. The van der Waals surface area contributed by atoms with Crippen LogP contribution >= 0.6 is 0 Å².